The lowest BCUT2D eigenvalue weighted by atomic mass is 10.2. The van der Waals surface area contributed by atoms with Gasteiger partial charge in [-0.05, 0) is 45.6 Å². The first-order valence-corrected chi connectivity index (χ1v) is 6.85. The molecule has 102 valence electrons. The van der Waals surface area contributed by atoms with E-state index in [1.54, 1.807) is 7.11 Å². The molecule has 0 spiro atoms. The first kappa shape index (κ1) is 12.6. The molecule has 7 heteroatoms. The number of nitrogens with zero attached hydrogens (tertiary/aromatic N) is 4. The van der Waals surface area contributed by atoms with Gasteiger partial charge >= 0.3 is 5.69 Å². The molecule has 0 amide bonds. The molecule has 0 atom stereocenters. The monoisotopic (exact) mass is 288 g/mol. The highest BCUT2D eigenvalue weighted by atomic mass is 32.1. The fraction of sp³-hybridized carbons (Fsp3) is 0.154. The van der Waals surface area contributed by atoms with Gasteiger partial charge in [0.05, 0.1) is 13.7 Å². The van der Waals surface area contributed by atoms with Crippen LogP contribution in [0.3, 0.4) is 0 Å². The summed E-state index contributed by atoms with van der Waals surface area (Å²) in [5, 5.41) is 10.4. The molecule has 6 nitrogen and oxygen atoms in total. The second-order valence-electron chi connectivity index (χ2n) is 4.13. The van der Waals surface area contributed by atoms with Gasteiger partial charge in [0.2, 0.25) is 0 Å². The van der Waals surface area contributed by atoms with Crippen LogP contribution in [0.15, 0.2) is 46.6 Å². The fourth-order valence-corrected chi connectivity index (χ4v) is 2.51. The van der Waals surface area contributed by atoms with Gasteiger partial charge in [-0.15, -0.1) is 11.3 Å². The first-order chi connectivity index (χ1) is 9.78. The van der Waals surface area contributed by atoms with Crippen molar-refractivity contribution in [3.05, 3.63) is 57.8 Å². The summed E-state index contributed by atoms with van der Waals surface area (Å²) < 4.78 is 7.78. The van der Waals surface area contributed by atoms with Crippen molar-refractivity contribution in [1.29, 1.82) is 0 Å². The third-order valence-electron chi connectivity index (χ3n) is 2.82. The molecule has 0 bridgehead atoms. The van der Waals surface area contributed by atoms with Gasteiger partial charge in [0, 0.05) is 0 Å². The smallest absolute Gasteiger partial charge is 0.369 e. The van der Waals surface area contributed by atoms with Crippen LogP contribution in [-0.4, -0.2) is 26.9 Å². The average Bonchev–Trinajstić information content (AvgIpc) is 3.10. The van der Waals surface area contributed by atoms with Crippen molar-refractivity contribution in [2.24, 2.45) is 0 Å². The zero-order chi connectivity index (χ0) is 13.9. The molecule has 20 heavy (non-hydrogen) atoms. The minimum absolute atomic E-state index is 0.254. The summed E-state index contributed by atoms with van der Waals surface area (Å²) in [6, 6.07) is 11.2. The minimum Gasteiger partial charge on any atom is -0.497 e. The predicted octanol–water partition coefficient (Wildman–Crippen LogP) is 1.55. The van der Waals surface area contributed by atoms with Gasteiger partial charge in [0.25, 0.3) is 0 Å². The van der Waals surface area contributed by atoms with Gasteiger partial charge in [-0.3, -0.25) is 0 Å². The summed E-state index contributed by atoms with van der Waals surface area (Å²) in [7, 11) is 1.61. The quantitative estimate of drug-likeness (QED) is 0.730. The summed E-state index contributed by atoms with van der Waals surface area (Å²) >= 11 is 1.44. The Morgan fingerprint density at radius 1 is 1.25 bits per heavy atom. The number of tetrazole rings is 1. The van der Waals surface area contributed by atoms with Crippen molar-refractivity contribution in [2.75, 3.05) is 7.11 Å². The normalized spacial score (nSPS) is 10.7. The van der Waals surface area contributed by atoms with Crippen LogP contribution >= 0.6 is 11.3 Å². The van der Waals surface area contributed by atoms with E-state index in [4.69, 9.17) is 4.74 Å². The van der Waals surface area contributed by atoms with Gasteiger partial charge in [0.15, 0.2) is 0 Å². The maximum Gasteiger partial charge on any atom is 0.369 e. The van der Waals surface area contributed by atoms with E-state index in [1.165, 1.54) is 20.7 Å². The molecule has 0 saturated heterocycles. The standard InChI is InChI=1S/C13H12N4O2S/c1-19-11-5-2-4-10(8-11)9-16-13(18)17(15-14-16)12-6-3-7-20-12/h2-8H,9H2,1H3. The summed E-state index contributed by atoms with van der Waals surface area (Å²) in [4.78, 5) is 12.2. The number of hydrogen-bond acceptors (Lipinski definition) is 5. The Balaban J connectivity index is 1.90. The topological polar surface area (TPSA) is 61.9 Å². The minimum atomic E-state index is -0.254. The largest absolute Gasteiger partial charge is 0.497 e. The number of rotatable bonds is 4. The van der Waals surface area contributed by atoms with E-state index in [1.807, 2.05) is 41.8 Å². The SMILES string of the molecule is COc1cccc(Cn2nnn(-c3cccs3)c2=O)c1. The average molecular weight is 288 g/mol. The lowest BCUT2D eigenvalue weighted by Gasteiger charge is -2.03. The third-order valence-corrected chi connectivity index (χ3v) is 3.66. The summed E-state index contributed by atoms with van der Waals surface area (Å²) in [6.45, 7) is 0.363. The summed E-state index contributed by atoms with van der Waals surface area (Å²) in [5.41, 5.74) is 0.681. The second kappa shape index (κ2) is 5.30. The van der Waals surface area contributed by atoms with Gasteiger partial charge < -0.3 is 4.74 Å². The van der Waals surface area contributed by atoms with Crippen molar-refractivity contribution in [1.82, 2.24) is 19.8 Å². The van der Waals surface area contributed by atoms with E-state index < -0.39 is 0 Å². The molecule has 0 saturated carbocycles. The maximum absolute atomic E-state index is 12.2. The van der Waals surface area contributed by atoms with Crippen LogP contribution in [0.5, 0.6) is 5.75 Å². The zero-order valence-electron chi connectivity index (χ0n) is 10.8. The van der Waals surface area contributed by atoms with Crippen LogP contribution in [0.1, 0.15) is 5.56 Å². The van der Waals surface area contributed by atoms with Crippen LogP contribution < -0.4 is 10.4 Å². The van der Waals surface area contributed by atoms with E-state index >= 15 is 0 Å². The molecule has 2 heterocycles. The highest BCUT2D eigenvalue weighted by Gasteiger charge is 2.10. The lowest BCUT2D eigenvalue weighted by Crippen LogP contribution is -2.24. The van der Waals surface area contributed by atoms with Crippen molar-refractivity contribution < 1.29 is 4.74 Å². The molecule has 0 aliphatic carbocycles. The Bertz CT molecular complexity index is 761. The Labute approximate surface area is 118 Å². The molecule has 2 aromatic heterocycles. The molecular weight excluding hydrogens is 276 g/mol. The molecule has 3 aromatic rings. The number of hydrogen-bond donors (Lipinski definition) is 0. The van der Waals surface area contributed by atoms with E-state index in [-0.39, 0.29) is 5.69 Å². The van der Waals surface area contributed by atoms with Gasteiger partial charge in [-0.2, -0.15) is 9.36 Å². The molecule has 0 aliphatic rings. The van der Waals surface area contributed by atoms with Crippen LogP contribution in [0.2, 0.25) is 0 Å². The number of ether oxygens (including phenoxy) is 1. The van der Waals surface area contributed by atoms with Gasteiger partial charge in [0.1, 0.15) is 10.8 Å². The molecule has 0 radical (unpaired) electrons. The number of methoxy groups -OCH3 is 1. The summed E-state index contributed by atoms with van der Waals surface area (Å²) in [5.74, 6) is 0.751. The molecule has 0 N–H and O–H groups in total. The van der Waals surface area contributed by atoms with Crippen LogP contribution in [-0.2, 0) is 6.54 Å². The van der Waals surface area contributed by atoms with Crippen LogP contribution in [0.25, 0.3) is 5.00 Å². The highest BCUT2D eigenvalue weighted by molar-refractivity contribution is 7.12. The van der Waals surface area contributed by atoms with Crippen molar-refractivity contribution in [3.8, 4) is 10.8 Å². The van der Waals surface area contributed by atoms with Crippen LogP contribution in [0.4, 0.5) is 0 Å². The molecule has 3 rings (SSSR count). The second-order valence-corrected chi connectivity index (χ2v) is 5.06. The zero-order valence-corrected chi connectivity index (χ0v) is 11.6. The van der Waals surface area contributed by atoms with Crippen LogP contribution in [0, 0.1) is 0 Å². The molecule has 0 aliphatic heterocycles. The lowest BCUT2D eigenvalue weighted by molar-refractivity contribution is 0.414. The molecule has 0 unspecified atom stereocenters. The summed E-state index contributed by atoms with van der Waals surface area (Å²) in [6.07, 6.45) is 0. The molecule has 0 fully saturated rings. The fourth-order valence-electron chi connectivity index (χ4n) is 1.85. The number of benzene rings is 1. The predicted molar refractivity (Wildman–Crippen MR) is 75.6 cm³/mol. The van der Waals surface area contributed by atoms with E-state index in [0.717, 1.165) is 16.3 Å². The first-order valence-electron chi connectivity index (χ1n) is 5.97. The van der Waals surface area contributed by atoms with E-state index in [9.17, 15) is 4.79 Å². The van der Waals surface area contributed by atoms with Crippen molar-refractivity contribution in [2.45, 2.75) is 6.54 Å². The van der Waals surface area contributed by atoms with Gasteiger partial charge in [-0.1, -0.05) is 12.1 Å². The highest BCUT2D eigenvalue weighted by Crippen LogP contribution is 2.13. The Morgan fingerprint density at radius 3 is 2.90 bits per heavy atom. The molecule has 1 aromatic carbocycles. The van der Waals surface area contributed by atoms with Crippen molar-refractivity contribution >= 4 is 11.3 Å². The van der Waals surface area contributed by atoms with Gasteiger partial charge in [-0.25, -0.2) is 4.79 Å². The third kappa shape index (κ3) is 2.35. The number of thiophene rings is 1. The van der Waals surface area contributed by atoms with E-state index in [2.05, 4.69) is 10.4 Å². The van der Waals surface area contributed by atoms with E-state index in [0.29, 0.717) is 6.54 Å². The Kier molecular flexibility index (Phi) is 3.34. The number of aromatic nitrogens is 4. The Morgan fingerprint density at radius 2 is 2.15 bits per heavy atom. The maximum atomic E-state index is 12.2. The molecular formula is C13H12N4O2S. The Hall–Kier alpha value is -2.41. The van der Waals surface area contributed by atoms with Crippen molar-refractivity contribution in [3.63, 3.8) is 0 Å².